The van der Waals surface area contributed by atoms with Crippen molar-refractivity contribution in [2.24, 2.45) is 0 Å². The molecule has 1 aliphatic heterocycles. The molecule has 0 spiro atoms. The number of aliphatic carboxylic acids is 1. The summed E-state index contributed by atoms with van der Waals surface area (Å²) >= 11 is 0. The fourth-order valence-electron chi connectivity index (χ4n) is 5.48. The van der Waals surface area contributed by atoms with Crippen LogP contribution in [0.4, 0.5) is 0 Å². The summed E-state index contributed by atoms with van der Waals surface area (Å²) in [6.07, 6.45) is -3.34. The van der Waals surface area contributed by atoms with Gasteiger partial charge in [0.25, 0.3) is 0 Å². The minimum Gasteiger partial charge on any atom is -0.834 e. The van der Waals surface area contributed by atoms with Crippen molar-refractivity contribution in [3.8, 4) is 46.0 Å². The predicted molar refractivity (Wildman–Crippen MR) is 171 cm³/mol. The average molecular weight is 719 g/mol. The Morgan fingerprint density at radius 1 is 0.731 bits per heavy atom. The van der Waals surface area contributed by atoms with Crippen LogP contribution in [0.3, 0.4) is 0 Å². The van der Waals surface area contributed by atoms with E-state index < -0.39 is 95.8 Å². The molecule has 16 heteroatoms. The van der Waals surface area contributed by atoms with E-state index in [9.17, 15) is 60.3 Å². The maximum atomic E-state index is 13.9. The Bertz CT molecular complexity index is 2020. The van der Waals surface area contributed by atoms with Gasteiger partial charge in [-0.15, -0.1) is 0 Å². The van der Waals surface area contributed by atoms with Crippen LogP contribution < -0.4 is 14.9 Å². The smallest absolute Gasteiger partial charge is 0.333 e. The number of benzene rings is 4. The Labute approximate surface area is 293 Å². The van der Waals surface area contributed by atoms with Crippen LogP contribution in [0, 0.1) is 0 Å². The first-order valence-electron chi connectivity index (χ1n) is 15.3. The lowest BCUT2D eigenvalue weighted by molar-refractivity contribution is -0.446. The number of carboxylic acid groups (broad SMARTS) is 1. The van der Waals surface area contributed by atoms with Gasteiger partial charge in [0.2, 0.25) is 6.29 Å². The molecular weight excluding hydrogens is 688 g/mol. The van der Waals surface area contributed by atoms with Crippen LogP contribution in [0.2, 0.25) is 0 Å². The number of phenolic OH excluding ortho intramolecular Hbond substituents is 7. The van der Waals surface area contributed by atoms with Gasteiger partial charge in [0.05, 0.1) is 5.97 Å². The molecule has 4 atom stereocenters. The lowest BCUT2D eigenvalue weighted by Gasteiger charge is -2.24. The summed E-state index contributed by atoms with van der Waals surface area (Å²) in [6, 6.07) is 13.2. The lowest BCUT2D eigenvalue weighted by Crippen LogP contribution is -2.41. The van der Waals surface area contributed by atoms with Crippen LogP contribution in [-0.2, 0) is 41.4 Å². The predicted octanol–water partition coefficient (Wildman–Crippen LogP) is 1.21. The molecule has 0 radical (unpaired) electrons. The van der Waals surface area contributed by atoms with Crippen LogP contribution in [-0.4, -0.2) is 72.8 Å². The van der Waals surface area contributed by atoms with Crippen molar-refractivity contribution in [2.75, 3.05) is 6.79 Å². The quantitative estimate of drug-likeness (QED) is 0.0443. The summed E-state index contributed by atoms with van der Waals surface area (Å²) in [4.78, 5) is 38.9. The topological polar surface area (TPSA) is 276 Å². The van der Waals surface area contributed by atoms with E-state index in [2.05, 4.69) is 0 Å². The zero-order valence-electron chi connectivity index (χ0n) is 26.7. The van der Waals surface area contributed by atoms with Gasteiger partial charge in [-0.2, -0.15) is 0 Å². The van der Waals surface area contributed by atoms with Gasteiger partial charge in [0.1, 0.15) is 18.1 Å². The molecule has 1 heterocycles. The van der Waals surface area contributed by atoms with Crippen molar-refractivity contribution in [1.82, 2.24) is 0 Å². The Morgan fingerprint density at radius 3 is 1.88 bits per heavy atom. The highest BCUT2D eigenvalue weighted by atomic mass is 16.7. The van der Waals surface area contributed by atoms with Crippen molar-refractivity contribution in [3.63, 3.8) is 0 Å². The van der Waals surface area contributed by atoms with Crippen molar-refractivity contribution in [2.45, 2.75) is 37.3 Å². The molecule has 16 nitrogen and oxygen atoms in total. The van der Waals surface area contributed by atoms with Crippen molar-refractivity contribution >= 4 is 24.0 Å². The highest BCUT2D eigenvalue weighted by Crippen LogP contribution is 2.53. The summed E-state index contributed by atoms with van der Waals surface area (Å²) in [7, 11) is 0. The molecule has 7 N–H and O–H groups in total. The van der Waals surface area contributed by atoms with Crippen LogP contribution in [0.5, 0.6) is 46.0 Å². The monoisotopic (exact) mass is 718 g/mol. The van der Waals surface area contributed by atoms with Gasteiger partial charge >= 0.3 is 11.9 Å². The average Bonchev–Trinajstić information content (AvgIpc) is 3.51. The number of esters is 2. The molecule has 5 rings (SSSR count). The molecule has 0 saturated carbocycles. The second-order valence-corrected chi connectivity index (χ2v) is 11.5. The molecule has 0 fully saturated rings. The zero-order chi connectivity index (χ0) is 37.7. The maximum Gasteiger partial charge on any atom is 0.333 e. The summed E-state index contributed by atoms with van der Waals surface area (Å²) in [5, 5.41) is 92.9. The first kappa shape index (κ1) is 36.6. The van der Waals surface area contributed by atoms with Gasteiger partial charge in [-0.05, 0) is 77.6 Å². The molecule has 0 bridgehead atoms. The summed E-state index contributed by atoms with van der Waals surface area (Å²) < 4.78 is 21.6. The SMILES string of the molecule is O=C(/C=C/c1ccc(O)c2c1[C@H](C(=O)OC(Cc1ccc(O)c(O)c1)C(=O)[O-])[C@@H](c1ccc(O)c(O)c1)O2)O[C@H](Cc1ccc(O)c(O)c1)OC[O-]. The minimum absolute atomic E-state index is 0.0714. The molecule has 52 heavy (non-hydrogen) atoms. The van der Waals surface area contributed by atoms with E-state index in [4.69, 9.17) is 18.9 Å². The standard InChI is InChI=1S/C36H31O16/c37-16-49-30(14-18-2-7-22(39)26(43)12-18)51-29(45)10-5-19-3-9-24(41)34-31(19)32(33(52-34)20-4-8-23(40)27(44)15-20)36(48)50-28(35(46)47)13-17-1-6-21(38)25(42)11-17/h1-12,15,28,30,32-33,38-44H,13-14,16H2,(H,46,47)/q-1/p-1/b10-5+/t28?,30-,32+,33-/m1/s1. The van der Waals surface area contributed by atoms with E-state index in [1.54, 1.807) is 0 Å². The molecule has 1 unspecified atom stereocenters. The summed E-state index contributed by atoms with van der Waals surface area (Å²) in [5.74, 6) is -9.31. The third kappa shape index (κ3) is 8.20. The first-order valence-corrected chi connectivity index (χ1v) is 15.3. The first-order chi connectivity index (χ1) is 24.7. The maximum absolute atomic E-state index is 13.9. The van der Waals surface area contributed by atoms with E-state index in [1.807, 2.05) is 0 Å². The van der Waals surface area contributed by atoms with Crippen molar-refractivity contribution in [1.29, 1.82) is 0 Å². The second-order valence-electron chi connectivity index (χ2n) is 11.5. The number of carbonyl (C=O) groups is 3. The van der Waals surface area contributed by atoms with Gasteiger partial charge in [0, 0.05) is 24.5 Å². The minimum atomic E-state index is -1.94. The van der Waals surface area contributed by atoms with Gasteiger partial charge in [-0.25, -0.2) is 4.79 Å². The zero-order valence-corrected chi connectivity index (χ0v) is 26.7. The molecule has 0 saturated heterocycles. The molecular formula is C36H30O16-2. The number of hydrogen-bond acceptors (Lipinski definition) is 16. The Morgan fingerprint density at radius 2 is 1.31 bits per heavy atom. The van der Waals surface area contributed by atoms with E-state index in [0.717, 1.165) is 30.3 Å². The number of aromatic hydroxyl groups is 7. The molecule has 4 aromatic rings. The van der Waals surface area contributed by atoms with Crippen LogP contribution in [0.1, 0.15) is 39.8 Å². The third-order valence-electron chi connectivity index (χ3n) is 7.97. The number of carbonyl (C=O) groups excluding carboxylic acids is 3. The number of ether oxygens (including phenoxy) is 4. The molecule has 4 aromatic carbocycles. The van der Waals surface area contributed by atoms with E-state index >= 15 is 0 Å². The highest BCUT2D eigenvalue weighted by Gasteiger charge is 2.45. The molecule has 1 aliphatic rings. The number of hydrogen-bond donors (Lipinski definition) is 7. The Balaban J connectivity index is 1.46. The molecule has 0 aromatic heterocycles. The van der Waals surface area contributed by atoms with Crippen LogP contribution >= 0.6 is 0 Å². The number of rotatable bonds is 13. The summed E-state index contributed by atoms with van der Waals surface area (Å²) in [5.41, 5.74) is 0.604. The number of phenols is 7. The van der Waals surface area contributed by atoms with Crippen molar-refractivity contribution < 1.29 is 79.3 Å². The van der Waals surface area contributed by atoms with Gasteiger partial charge in [-0.1, -0.05) is 24.3 Å². The van der Waals surface area contributed by atoms with Crippen molar-refractivity contribution in [3.05, 3.63) is 101 Å². The largest absolute Gasteiger partial charge is 0.834 e. The van der Waals surface area contributed by atoms with E-state index in [0.29, 0.717) is 5.56 Å². The second kappa shape index (κ2) is 15.5. The summed E-state index contributed by atoms with van der Waals surface area (Å²) in [6.45, 7) is -1.09. The Kier molecular flexibility index (Phi) is 10.9. The fourth-order valence-corrected chi connectivity index (χ4v) is 5.48. The van der Waals surface area contributed by atoms with E-state index in [1.165, 1.54) is 48.5 Å². The number of fused-ring (bicyclic) bond motifs is 1. The van der Waals surface area contributed by atoms with Gasteiger partial charge in [-0.3, -0.25) is 4.79 Å². The fraction of sp³-hybridized carbons (Fsp3) is 0.194. The Hall–Kier alpha value is -6.65. The highest BCUT2D eigenvalue weighted by molar-refractivity contribution is 5.90. The van der Waals surface area contributed by atoms with Gasteiger partial charge < -0.3 is 69.7 Å². The third-order valence-corrected chi connectivity index (χ3v) is 7.97. The number of carboxylic acids is 1. The van der Waals surface area contributed by atoms with Gasteiger partial charge in [0.15, 0.2) is 46.0 Å². The normalized spacial score (nSPS) is 16.1. The lowest BCUT2D eigenvalue weighted by atomic mass is 9.87. The van der Waals surface area contributed by atoms with Crippen LogP contribution in [0.15, 0.2) is 72.8 Å². The molecule has 272 valence electrons. The van der Waals surface area contributed by atoms with E-state index in [-0.39, 0.29) is 34.4 Å². The van der Waals surface area contributed by atoms with Crippen LogP contribution in [0.25, 0.3) is 6.08 Å². The molecule has 0 amide bonds. The molecule has 0 aliphatic carbocycles.